The number of H-pyrrole nitrogens is 1. The molecule has 7 nitrogen and oxygen atoms in total. The Morgan fingerprint density at radius 2 is 1.93 bits per heavy atom. The number of fused-ring (bicyclic) bond motifs is 2. The van der Waals surface area contributed by atoms with Gasteiger partial charge in [-0.1, -0.05) is 17.7 Å². The van der Waals surface area contributed by atoms with Crippen molar-refractivity contribution in [2.45, 2.75) is 44.7 Å². The molecule has 1 aromatic heterocycles. The average molecular weight is 381 g/mol. The zero-order valence-corrected chi connectivity index (χ0v) is 16.4. The molecule has 7 heteroatoms. The molecule has 3 N–H and O–H groups in total. The molecular formula is C21H27N5O2. The van der Waals surface area contributed by atoms with Crippen LogP contribution in [0.15, 0.2) is 30.6 Å². The van der Waals surface area contributed by atoms with E-state index in [0.717, 1.165) is 37.1 Å². The number of aromatic amines is 1. The van der Waals surface area contributed by atoms with E-state index in [1.54, 1.807) is 25.4 Å². The molecule has 1 saturated heterocycles. The van der Waals surface area contributed by atoms with E-state index >= 15 is 0 Å². The third-order valence-corrected chi connectivity index (χ3v) is 5.97. The number of hydrogen-bond acceptors (Lipinski definition) is 4. The summed E-state index contributed by atoms with van der Waals surface area (Å²) in [6, 6.07) is 6.80. The third kappa shape index (κ3) is 3.42. The molecule has 28 heavy (non-hydrogen) atoms. The second kappa shape index (κ2) is 7.39. The summed E-state index contributed by atoms with van der Waals surface area (Å²) in [5.74, 6) is -0.252. The first-order valence-corrected chi connectivity index (χ1v) is 9.93. The fraction of sp³-hybridized carbons (Fsp3) is 0.476. The van der Waals surface area contributed by atoms with Gasteiger partial charge in [0.1, 0.15) is 6.04 Å². The van der Waals surface area contributed by atoms with Gasteiger partial charge in [0.2, 0.25) is 5.91 Å². The number of aromatic nitrogens is 2. The highest BCUT2D eigenvalue weighted by Crippen LogP contribution is 2.35. The maximum Gasteiger partial charge on any atom is 0.251 e. The number of nitrogens with one attached hydrogen (secondary N) is 3. The summed E-state index contributed by atoms with van der Waals surface area (Å²) in [6.45, 7) is 5.96. The Hall–Kier alpha value is -2.67. The molecule has 0 aliphatic carbocycles. The van der Waals surface area contributed by atoms with E-state index in [1.165, 1.54) is 5.69 Å². The Labute approximate surface area is 164 Å². The molecule has 1 aromatic carbocycles. The van der Waals surface area contributed by atoms with Crippen molar-refractivity contribution in [2.24, 2.45) is 0 Å². The number of piperidine rings is 1. The first kappa shape index (κ1) is 18.7. The second-order valence-corrected chi connectivity index (χ2v) is 7.88. The molecule has 2 aliphatic heterocycles. The standard InChI is InChI=1S/C21H27N5O2/c1-14-3-5-16(6-4-14)19(27)25-15(2)20(28)26-11-8-21(9-12-26)18-17(7-10-24-21)22-13-23-18/h3-6,13,15,24H,7-12H2,1-2H3,(H,22,23)(H,25,27)/t15-/m1/s1. The number of amides is 2. The smallest absolute Gasteiger partial charge is 0.251 e. The van der Waals surface area contributed by atoms with Gasteiger partial charge in [-0.05, 0) is 38.8 Å². The molecule has 0 saturated carbocycles. The summed E-state index contributed by atoms with van der Waals surface area (Å²) in [6.07, 6.45) is 4.38. The molecule has 2 aromatic rings. The Kier molecular flexibility index (Phi) is 4.93. The predicted octanol–water partition coefficient (Wildman–Crippen LogP) is 1.50. The maximum absolute atomic E-state index is 12.9. The lowest BCUT2D eigenvalue weighted by molar-refractivity contribution is -0.134. The van der Waals surface area contributed by atoms with Crippen molar-refractivity contribution in [1.29, 1.82) is 0 Å². The lowest BCUT2D eigenvalue weighted by Gasteiger charge is -2.44. The number of aryl methyl sites for hydroxylation is 1. The summed E-state index contributed by atoms with van der Waals surface area (Å²) in [7, 11) is 0. The molecule has 0 radical (unpaired) electrons. The monoisotopic (exact) mass is 381 g/mol. The van der Waals surface area contributed by atoms with Crippen LogP contribution in [-0.4, -0.2) is 52.4 Å². The minimum Gasteiger partial charge on any atom is -0.348 e. The van der Waals surface area contributed by atoms with Crippen LogP contribution in [0, 0.1) is 6.92 Å². The van der Waals surface area contributed by atoms with E-state index in [9.17, 15) is 9.59 Å². The van der Waals surface area contributed by atoms with Crippen LogP contribution in [0.4, 0.5) is 0 Å². The molecule has 148 valence electrons. The van der Waals surface area contributed by atoms with E-state index in [0.29, 0.717) is 18.7 Å². The first-order valence-electron chi connectivity index (χ1n) is 9.93. The zero-order chi connectivity index (χ0) is 19.7. The number of benzene rings is 1. The van der Waals surface area contributed by atoms with Gasteiger partial charge in [-0.2, -0.15) is 0 Å². The highest BCUT2D eigenvalue weighted by atomic mass is 16.2. The molecule has 0 unspecified atom stereocenters. The summed E-state index contributed by atoms with van der Waals surface area (Å²) in [5.41, 5.74) is 3.84. The van der Waals surface area contributed by atoms with Gasteiger partial charge in [0, 0.05) is 37.3 Å². The van der Waals surface area contributed by atoms with Gasteiger partial charge in [-0.25, -0.2) is 4.98 Å². The van der Waals surface area contributed by atoms with Crippen LogP contribution in [0.2, 0.25) is 0 Å². The van der Waals surface area contributed by atoms with Crippen LogP contribution in [0.5, 0.6) is 0 Å². The van der Waals surface area contributed by atoms with Crippen LogP contribution in [0.1, 0.15) is 47.1 Å². The van der Waals surface area contributed by atoms with Gasteiger partial charge in [-0.15, -0.1) is 0 Å². The number of carbonyl (C=O) groups excluding carboxylic acids is 2. The Bertz CT molecular complexity index is 865. The molecule has 4 rings (SSSR count). The Morgan fingerprint density at radius 3 is 2.64 bits per heavy atom. The second-order valence-electron chi connectivity index (χ2n) is 7.88. The van der Waals surface area contributed by atoms with Crippen molar-refractivity contribution in [1.82, 2.24) is 25.5 Å². The van der Waals surface area contributed by atoms with E-state index in [-0.39, 0.29) is 17.4 Å². The third-order valence-electron chi connectivity index (χ3n) is 5.97. The van der Waals surface area contributed by atoms with Gasteiger partial charge in [0.25, 0.3) is 5.91 Å². The molecular weight excluding hydrogens is 354 g/mol. The molecule has 2 amide bonds. The van der Waals surface area contributed by atoms with Crippen molar-refractivity contribution in [3.8, 4) is 0 Å². The number of rotatable bonds is 3. The number of likely N-dealkylation sites (tertiary alicyclic amines) is 1. The van der Waals surface area contributed by atoms with Crippen molar-refractivity contribution in [3.05, 3.63) is 53.1 Å². The quantitative estimate of drug-likeness (QED) is 0.752. The number of hydrogen-bond donors (Lipinski definition) is 3. The first-order chi connectivity index (χ1) is 13.5. The SMILES string of the molecule is Cc1ccc(C(=O)N[C@H](C)C(=O)N2CCC3(CC2)NCCc2[nH]cnc23)cc1. The van der Waals surface area contributed by atoms with E-state index in [1.807, 2.05) is 24.0 Å². The van der Waals surface area contributed by atoms with E-state index in [2.05, 4.69) is 20.6 Å². The van der Waals surface area contributed by atoms with Gasteiger partial charge in [0.15, 0.2) is 0 Å². The topological polar surface area (TPSA) is 90.1 Å². The molecule has 3 heterocycles. The number of imidazole rings is 1. The Balaban J connectivity index is 1.36. The zero-order valence-electron chi connectivity index (χ0n) is 16.4. The lowest BCUT2D eigenvalue weighted by atomic mass is 9.80. The van der Waals surface area contributed by atoms with Crippen LogP contribution in [0.3, 0.4) is 0 Å². The molecule has 2 aliphatic rings. The normalized spacial score (nSPS) is 19.1. The van der Waals surface area contributed by atoms with Gasteiger partial charge < -0.3 is 20.5 Å². The highest BCUT2D eigenvalue weighted by Gasteiger charge is 2.42. The van der Waals surface area contributed by atoms with Crippen molar-refractivity contribution < 1.29 is 9.59 Å². The predicted molar refractivity (Wildman–Crippen MR) is 106 cm³/mol. The van der Waals surface area contributed by atoms with Crippen molar-refractivity contribution in [2.75, 3.05) is 19.6 Å². The molecule has 1 fully saturated rings. The summed E-state index contributed by atoms with van der Waals surface area (Å²) in [5, 5.41) is 6.47. The van der Waals surface area contributed by atoms with Crippen LogP contribution >= 0.6 is 0 Å². The number of nitrogens with zero attached hydrogens (tertiary/aromatic N) is 2. The lowest BCUT2D eigenvalue weighted by Crippen LogP contribution is -2.57. The van der Waals surface area contributed by atoms with Crippen LogP contribution in [0.25, 0.3) is 0 Å². The van der Waals surface area contributed by atoms with Crippen molar-refractivity contribution >= 4 is 11.8 Å². The fourth-order valence-electron chi connectivity index (χ4n) is 4.28. The minimum atomic E-state index is -0.553. The Morgan fingerprint density at radius 1 is 1.21 bits per heavy atom. The summed E-state index contributed by atoms with van der Waals surface area (Å²) < 4.78 is 0. The largest absolute Gasteiger partial charge is 0.348 e. The summed E-state index contributed by atoms with van der Waals surface area (Å²) in [4.78, 5) is 34.9. The fourth-order valence-corrected chi connectivity index (χ4v) is 4.28. The summed E-state index contributed by atoms with van der Waals surface area (Å²) >= 11 is 0. The molecule has 1 atom stereocenters. The maximum atomic E-state index is 12.9. The van der Waals surface area contributed by atoms with Crippen LogP contribution < -0.4 is 10.6 Å². The highest BCUT2D eigenvalue weighted by molar-refractivity contribution is 5.97. The van der Waals surface area contributed by atoms with Gasteiger partial charge >= 0.3 is 0 Å². The average Bonchev–Trinajstić information content (AvgIpc) is 3.19. The van der Waals surface area contributed by atoms with E-state index in [4.69, 9.17) is 0 Å². The molecule has 0 bridgehead atoms. The van der Waals surface area contributed by atoms with E-state index < -0.39 is 6.04 Å². The number of carbonyl (C=O) groups is 2. The van der Waals surface area contributed by atoms with Crippen LogP contribution in [-0.2, 0) is 16.8 Å². The minimum absolute atomic E-state index is 0.0339. The van der Waals surface area contributed by atoms with Gasteiger partial charge in [-0.3, -0.25) is 9.59 Å². The molecule has 1 spiro atoms. The van der Waals surface area contributed by atoms with Crippen molar-refractivity contribution in [3.63, 3.8) is 0 Å². The van der Waals surface area contributed by atoms with Gasteiger partial charge in [0.05, 0.1) is 17.6 Å².